The van der Waals surface area contributed by atoms with E-state index in [1.54, 1.807) is 7.11 Å². The molecule has 37 heavy (non-hydrogen) atoms. The zero-order valence-electron chi connectivity index (χ0n) is 20.8. The molecule has 7 nitrogen and oxygen atoms in total. The molecule has 1 unspecified atom stereocenters. The van der Waals surface area contributed by atoms with Crippen molar-refractivity contribution in [2.45, 2.75) is 42.0 Å². The smallest absolute Gasteiger partial charge is 0.235 e. The van der Waals surface area contributed by atoms with Crippen LogP contribution in [0.2, 0.25) is 0 Å². The Morgan fingerprint density at radius 2 is 1.86 bits per heavy atom. The molecule has 2 atom stereocenters. The standard InChI is InChI=1S/C29H30N2O5S/c1-34-18-24-6-3-15-31(24)37(33)25-10-7-20(8-11-25)21-4-2-5-23(16-21)30-28(32)29(13-14-29)22-9-12-26-27(17-22)36-19-35-26/h2,4-5,7-12,16-17,24H,3,6,13-15,18-19H2,1H3,(H,30,32)/t24-,37?/m0/s1. The van der Waals surface area contributed by atoms with E-state index >= 15 is 0 Å². The van der Waals surface area contributed by atoms with Gasteiger partial charge in [-0.3, -0.25) is 4.79 Å². The second kappa shape index (κ2) is 9.93. The molecular formula is C29H30N2O5S. The van der Waals surface area contributed by atoms with Gasteiger partial charge in [0.05, 0.1) is 16.9 Å². The maximum atomic E-state index is 13.3. The van der Waals surface area contributed by atoms with Gasteiger partial charge in [0, 0.05) is 25.4 Å². The van der Waals surface area contributed by atoms with Crippen molar-refractivity contribution in [1.82, 2.24) is 4.31 Å². The third-order valence-corrected chi connectivity index (χ3v) is 9.10. The molecule has 192 valence electrons. The summed E-state index contributed by atoms with van der Waals surface area (Å²) in [6, 6.07) is 21.6. The van der Waals surface area contributed by atoms with Crippen molar-refractivity contribution in [3.05, 3.63) is 72.3 Å². The molecule has 0 spiro atoms. The molecule has 1 N–H and O–H groups in total. The molecule has 1 aliphatic carbocycles. The molecule has 2 heterocycles. The molecule has 3 aliphatic rings. The lowest BCUT2D eigenvalue weighted by atomic mass is 9.94. The van der Waals surface area contributed by atoms with Crippen molar-refractivity contribution in [1.29, 1.82) is 0 Å². The van der Waals surface area contributed by atoms with Gasteiger partial charge in [-0.25, -0.2) is 8.51 Å². The predicted molar refractivity (Wildman–Crippen MR) is 142 cm³/mol. The fourth-order valence-electron chi connectivity index (χ4n) is 5.28. The van der Waals surface area contributed by atoms with E-state index in [0.29, 0.717) is 12.4 Å². The highest BCUT2D eigenvalue weighted by atomic mass is 32.2. The predicted octanol–water partition coefficient (Wildman–Crippen LogP) is 4.89. The first-order valence-corrected chi connectivity index (χ1v) is 13.8. The topological polar surface area (TPSA) is 77.1 Å². The monoisotopic (exact) mass is 518 g/mol. The van der Waals surface area contributed by atoms with Gasteiger partial charge in [-0.15, -0.1) is 0 Å². The largest absolute Gasteiger partial charge is 0.454 e. The van der Waals surface area contributed by atoms with Crippen LogP contribution in [0.15, 0.2) is 71.6 Å². The molecule has 0 radical (unpaired) electrons. The van der Waals surface area contributed by atoms with Gasteiger partial charge in [-0.1, -0.05) is 30.3 Å². The first-order valence-electron chi connectivity index (χ1n) is 12.7. The second-order valence-corrected chi connectivity index (χ2v) is 11.3. The van der Waals surface area contributed by atoms with Gasteiger partial charge in [0.1, 0.15) is 11.0 Å². The second-order valence-electron chi connectivity index (χ2n) is 9.85. The molecular weight excluding hydrogens is 488 g/mol. The number of ether oxygens (including phenoxy) is 3. The van der Waals surface area contributed by atoms with Gasteiger partial charge >= 0.3 is 0 Å². The molecule has 3 aromatic rings. The van der Waals surface area contributed by atoms with E-state index in [2.05, 4.69) is 5.32 Å². The maximum Gasteiger partial charge on any atom is 0.235 e. The maximum absolute atomic E-state index is 13.3. The van der Waals surface area contributed by atoms with E-state index in [-0.39, 0.29) is 18.7 Å². The average molecular weight is 519 g/mol. The number of fused-ring (bicyclic) bond motifs is 1. The zero-order chi connectivity index (χ0) is 25.4. The zero-order valence-corrected chi connectivity index (χ0v) is 21.6. The van der Waals surface area contributed by atoms with Gasteiger partial charge in [0.15, 0.2) is 11.5 Å². The minimum atomic E-state index is -1.21. The molecule has 2 aliphatic heterocycles. The normalized spacial score (nSPS) is 20.5. The fourth-order valence-corrected chi connectivity index (χ4v) is 6.65. The number of amides is 1. The highest BCUT2D eigenvalue weighted by molar-refractivity contribution is 7.82. The Morgan fingerprint density at radius 1 is 1.05 bits per heavy atom. The number of rotatable bonds is 8. The lowest BCUT2D eigenvalue weighted by Crippen LogP contribution is -2.34. The van der Waals surface area contributed by atoms with E-state index in [9.17, 15) is 9.00 Å². The summed E-state index contributed by atoms with van der Waals surface area (Å²) in [5.41, 5.74) is 3.17. The van der Waals surface area contributed by atoms with Crippen LogP contribution >= 0.6 is 0 Å². The number of hydrogen-bond donors (Lipinski definition) is 1. The Kier molecular flexibility index (Phi) is 6.48. The lowest BCUT2D eigenvalue weighted by molar-refractivity contribution is -0.118. The molecule has 2 fully saturated rings. The highest BCUT2D eigenvalue weighted by Crippen LogP contribution is 2.51. The highest BCUT2D eigenvalue weighted by Gasteiger charge is 2.51. The average Bonchev–Trinajstić information content (AvgIpc) is 3.38. The number of nitrogens with zero attached hydrogens (tertiary/aromatic N) is 1. The quantitative estimate of drug-likeness (QED) is 0.460. The number of anilines is 1. The number of carbonyl (C=O) groups excluding carboxylic acids is 1. The third kappa shape index (κ3) is 4.65. The number of benzene rings is 3. The first kappa shape index (κ1) is 24.2. The number of nitrogens with one attached hydrogen (secondary N) is 1. The molecule has 1 saturated carbocycles. The molecule has 0 aromatic heterocycles. The van der Waals surface area contributed by atoms with Crippen LogP contribution in [0.25, 0.3) is 11.1 Å². The van der Waals surface area contributed by atoms with Crippen molar-refractivity contribution < 1.29 is 23.2 Å². The van der Waals surface area contributed by atoms with Crippen molar-refractivity contribution in [3.8, 4) is 22.6 Å². The van der Waals surface area contributed by atoms with Gasteiger partial charge in [0.2, 0.25) is 12.7 Å². The van der Waals surface area contributed by atoms with Crippen LogP contribution in [-0.2, 0) is 25.9 Å². The van der Waals surface area contributed by atoms with Crippen LogP contribution in [0.4, 0.5) is 5.69 Å². The Balaban J connectivity index is 1.16. The van der Waals surface area contributed by atoms with E-state index in [1.165, 1.54) is 0 Å². The van der Waals surface area contributed by atoms with Crippen molar-refractivity contribution in [3.63, 3.8) is 0 Å². The van der Waals surface area contributed by atoms with Crippen molar-refractivity contribution in [2.24, 2.45) is 0 Å². The van der Waals surface area contributed by atoms with E-state index in [4.69, 9.17) is 14.2 Å². The summed E-state index contributed by atoms with van der Waals surface area (Å²) in [5.74, 6) is 1.41. The van der Waals surface area contributed by atoms with E-state index in [0.717, 1.165) is 65.3 Å². The summed E-state index contributed by atoms with van der Waals surface area (Å²) in [4.78, 5) is 14.1. The Bertz CT molecular complexity index is 1340. The van der Waals surface area contributed by atoms with Gasteiger partial charge in [-0.05, 0) is 78.8 Å². The van der Waals surface area contributed by atoms with E-state index in [1.807, 2.05) is 71.0 Å². The number of methoxy groups -OCH3 is 1. The number of hydrogen-bond acceptors (Lipinski definition) is 5. The fraction of sp³-hybridized carbons (Fsp3) is 0.345. The van der Waals surface area contributed by atoms with Gasteiger partial charge in [-0.2, -0.15) is 0 Å². The summed E-state index contributed by atoms with van der Waals surface area (Å²) in [5, 5.41) is 3.13. The third-order valence-electron chi connectivity index (χ3n) is 7.51. The SMILES string of the molecule is COC[C@@H]1CCCN1S(=O)c1ccc(-c2cccc(NC(=O)C3(c4ccc5c(c4)OCO5)CC3)c2)cc1. The molecule has 0 bridgehead atoms. The minimum Gasteiger partial charge on any atom is -0.454 e. The minimum absolute atomic E-state index is 0.00881. The van der Waals surface area contributed by atoms with Crippen LogP contribution in [-0.4, -0.2) is 47.5 Å². The van der Waals surface area contributed by atoms with Gasteiger partial charge in [0.25, 0.3) is 0 Å². The summed E-state index contributed by atoms with van der Waals surface area (Å²) in [7, 11) is 0.478. The van der Waals surface area contributed by atoms with Crippen LogP contribution in [0.1, 0.15) is 31.2 Å². The summed E-state index contributed by atoms with van der Waals surface area (Å²) >= 11 is 0. The lowest BCUT2D eigenvalue weighted by Gasteiger charge is -2.22. The van der Waals surface area contributed by atoms with Crippen LogP contribution in [0, 0.1) is 0 Å². The van der Waals surface area contributed by atoms with Crippen molar-refractivity contribution in [2.75, 3.05) is 32.4 Å². The molecule has 6 rings (SSSR count). The molecule has 1 saturated heterocycles. The van der Waals surface area contributed by atoms with Crippen LogP contribution in [0.3, 0.4) is 0 Å². The van der Waals surface area contributed by atoms with Crippen molar-refractivity contribution >= 4 is 22.6 Å². The van der Waals surface area contributed by atoms with Gasteiger partial charge < -0.3 is 19.5 Å². The Labute approximate surface area is 219 Å². The molecule has 3 aromatic carbocycles. The van der Waals surface area contributed by atoms with Crippen LogP contribution < -0.4 is 14.8 Å². The summed E-state index contributed by atoms with van der Waals surface area (Å²) in [6.45, 7) is 1.63. The Morgan fingerprint density at radius 3 is 2.65 bits per heavy atom. The number of carbonyl (C=O) groups is 1. The van der Waals surface area contributed by atoms with E-state index < -0.39 is 16.4 Å². The molecule has 1 amide bonds. The Hall–Kier alpha value is -3.20. The summed E-state index contributed by atoms with van der Waals surface area (Å²) < 4.78 is 31.4. The molecule has 8 heteroatoms. The first-order chi connectivity index (χ1) is 18.1. The summed E-state index contributed by atoms with van der Waals surface area (Å²) in [6.07, 6.45) is 3.65. The van der Waals surface area contributed by atoms with Crippen LogP contribution in [0.5, 0.6) is 11.5 Å².